The molecule has 0 saturated carbocycles. The SMILES string of the molecule is NC(=O)C1CCN(c2ccc(N)c(C(=O)O)c2)CC1. The minimum Gasteiger partial charge on any atom is -0.478 e. The Hall–Kier alpha value is -2.24. The molecular weight excluding hydrogens is 246 g/mol. The van der Waals surface area contributed by atoms with Gasteiger partial charge in [-0.1, -0.05) is 0 Å². The maximum Gasteiger partial charge on any atom is 0.337 e. The zero-order chi connectivity index (χ0) is 14.0. The lowest BCUT2D eigenvalue weighted by atomic mass is 9.96. The van der Waals surface area contributed by atoms with Crippen molar-refractivity contribution in [3.05, 3.63) is 23.8 Å². The fraction of sp³-hybridized carbons (Fsp3) is 0.385. The Morgan fingerprint density at radius 1 is 1.26 bits per heavy atom. The number of amides is 1. The van der Waals surface area contributed by atoms with Crippen LogP contribution in [0, 0.1) is 5.92 Å². The lowest BCUT2D eigenvalue weighted by molar-refractivity contribution is -0.122. The molecule has 1 heterocycles. The van der Waals surface area contributed by atoms with Crippen molar-refractivity contribution in [2.24, 2.45) is 11.7 Å². The highest BCUT2D eigenvalue weighted by atomic mass is 16.4. The number of nitrogen functional groups attached to an aromatic ring is 1. The molecule has 2 rings (SSSR count). The minimum atomic E-state index is -1.04. The molecule has 6 heteroatoms. The number of hydrogen-bond acceptors (Lipinski definition) is 4. The van der Waals surface area contributed by atoms with Gasteiger partial charge in [-0.3, -0.25) is 4.79 Å². The number of benzene rings is 1. The molecule has 0 bridgehead atoms. The summed E-state index contributed by atoms with van der Waals surface area (Å²) in [5.74, 6) is -1.38. The van der Waals surface area contributed by atoms with E-state index in [2.05, 4.69) is 0 Å². The number of carbonyl (C=O) groups is 2. The molecule has 0 atom stereocenters. The molecule has 1 aromatic rings. The van der Waals surface area contributed by atoms with Gasteiger partial charge in [0.15, 0.2) is 0 Å². The lowest BCUT2D eigenvalue weighted by Crippen LogP contribution is -2.38. The van der Waals surface area contributed by atoms with Crippen molar-refractivity contribution in [3.8, 4) is 0 Å². The molecule has 102 valence electrons. The fourth-order valence-corrected chi connectivity index (χ4v) is 2.35. The van der Waals surface area contributed by atoms with Crippen molar-refractivity contribution in [2.45, 2.75) is 12.8 Å². The Bertz CT molecular complexity index is 508. The van der Waals surface area contributed by atoms with E-state index in [1.54, 1.807) is 18.2 Å². The summed E-state index contributed by atoms with van der Waals surface area (Å²) in [5, 5.41) is 9.04. The second kappa shape index (κ2) is 5.17. The van der Waals surface area contributed by atoms with E-state index in [-0.39, 0.29) is 23.1 Å². The van der Waals surface area contributed by atoms with E-state index >= 15 is 0 Å². The Kier molecular flexibility index (Phi) is 3.59. The Morgan fingerprint density at radius 3 is 2.42 bits per heavy atom. The predicted octanol–water partition coefficient (Wildman–Crippen LogP) is 0.669. The number of anilines is 2. The van der Waals surface area contributed by atoms with Crippen molar-refractivity contribution in [1.82, 2.24) is 0 Å². The first-order valence-electron chi connectivity index (χ1n) is 6.16. The van der Waals surface area contributed by atoms with Crippen LogP contribution in [0.2, 0.25) is 0 Å². The van der Waals surface area contributed by atoms with E-state index in [1.807, 2.05) is 4.90 Å². The van der Waals surface area contributed by atoms with E-state index in [4.69, 9.17) is 16.6 Å². The Labute approximate surface area is 111 Å². The van der Waals surface area contributed by atoms with Crippen LogP contribution in [0.3, 0.4) is 0 Å². The van der Waals surface area contributed by atoms with Gasteiger partial charge in [-0.2, -0.15) is 0 Å². The molecule has 19 heavy (non-hydrogen) atoms. The molecule has 6 nitrogen and oxygen atoms in total. The van der Waals surface area contributed by atoms with Gasteiger partial charge < -0.3 is 21.5 Å². The van der Waals surface area contributed by atoms with Crippen LogP contribution >= 0.6 is 0 Å². The molecule has 0 spiro atoms. The molecule has 1 amide bonds. The monoisotopic (exact) mass is 263 g/mol. The number of nitrogens with zero attached hydrogens (tertiary/aromatic N) is 1. The standard InChI is InChI=1S/C13H17N3O3/c14-11-2-1-9(7-10(11)13(18)19)16-5-3-8(4-6-16)12(15)17/h1-2,7-8H,3-6,14H2,(H2,15,17)(H,18,19). The number of piperidine rings is 1. The largest absolute Gasteiger partial charge is 0.478 e. The smallest absolute Gasteiger partial charge is 0.337 e. The molecule has 1 aliphatic rings. The number of carboxylic acids is 1. The zero-order valence-electron chi connectivity index (χ0n) is 10.5. The predicted molar refractivity (Wildman–Crippen MR) is 71.9 cm³/mol. The quantitative estimate of drug-likeness (QED) is 0.694. The summed E-state index contributed by atoms with van der Waals surface area (Å²) in [5.41, 5.74) is 12.1. The van der Waals surface area contributed by atoms with Crippen LogP contribution in [-0.4, -0.2) is 30.1 Å². The number of aromatic carboxylic acids is 1. The molecule has 0 aliphatic carbocycles. The highest BCUT2D eigenvalue weighted by Gasteiger charge is 2.23. The summed E-state index contributed by atoms with van der Waals surface area (Å²) in [6.07, 6.45) is 1.39. The zero-order valence-corrected chi connectivity index (χ0v) is 10.5. The van der Waals surface area contributed by atoms with Gasteiger partial charge >= 0.3 is 5.97 Å². The third kappa shape index (κ3) is 2.78. The Balaban J connectivity index is 2.14. The summed E-state index contributed by atoms with van der Waals surface area (Å²) in [4.78, 5) is 24.2. The van der Waals surface area contributed by atoms with Gasteiger partial charge in [0.25, 0.3) is 0 Å². The van der Waals surface area contributed by atoms with Gasteiger partial charge in [0.2, 0.25) is 5.91 Å². The van der Waals surface area contributed by atoms with Crippen LogP contribution in [0.25, 0.3) is 0 Å². The van der Waals surface area contributed by atoms with Gasteiger partial charge in [0, 0.05) is 30.4 Å². The summed E-state index contributed by atoms with van der Waals surface area (Å²) < 4.78 is 0. The van der Waals surface area contributed by atoms with Crippen molar-refractivity contribution in [2.75, 3.05) is 23.7 Å². The first-order valence-corrected chi connectivity index (χ1v) is 6.16. The summed E-state index contributed by atoms with van der Waals surface area (Å²) in [7, 11) is 0. The molecule has 0 radical (unpaired) electrons. The highest BCUT2D eigenvalue weighted by Crippen LogP contribution is 2.26. The second-order valence-electron chi connectivity index (χ2n) is 4.74. The number of rotatable bonds is 3. The van der Waals surface area contributed by atoms with Gasteiger partial charge in [-0.15, -0.1) is 0 Å². The van der Waals surface area contributed by atoms with Crippen LogP contribution in [-0.2, 0) is 4.79 Å². The van der Waals surface area contributed by atoms with Crippen LogP contribution in [0.5, 0.6) is 0 Å². The van der Waals surface area contributed by atoms with Gasteiger partial charge in [0.1, 0.15) is 0 Å². The molecule has 1 fully saturated rings. The van der Waals surface area contributed by atoms with Crippen LogP contribution in [0.1, 0.15) is 23.2 Å². The van der Waals surface area contributed by atoms with E-state index in [0.717, 1.165) is 5.69 Å². The minimum absolute atomic E-state index is 0.0797. The van der Waals surface area contributed by atoms with Crippen LogP contribution in [0.4, 0.5) is 11.4 Å². The van der Waals surface area contributed by atoms with Crippen molar-refractivity contribution in [1.29, 1.82) is 0 Å². The fourth-order valence-electron chi connectivity index (χ4n) is 2.35. The third-order valence-corrected chi connectivity index (χ3v) is 3.53. The molecule has 0 unspecified atom stereocenters. The molecule has 1 saturated heterocycles. The highest BCUT2D eigenvalue weighted by molar-refractivity contribution is 5.94. The molecule has 0 aromatic heterocycles. The number of primary amides is 1. The molecule has 1 aromatic carbocycles. The van der Waals surface area contributed by atoms with Gasteiger partial charge in [-0.25, -0.2) is 4.79 Å². The number of hydrogen-bond donors (Lipinski definition) is 3. The van der Waals surface area contributed by atoms with Crippen molar-refractivity contribution >= 4 is 23.3 Å². The summed E-state index contributed by atoms with van der Waals surface area (Å²) >= 11 is 0. The van der Waals surface area contributed by atoms with E-state index in [0.29, 0.717) is 25.9 Å². The lowest BCUT2D eigenvalue weighted by Gasteiger charge is -2.32. The summed E-state index contributed by atoms with van der Waals surface area (Å²) in [6.45, 7) is 1.38. The van der Waals surface area contributed by atoms with Gasteiger partial charge in [-0.05, 0) is 31.0 Å². The maximum atomic E-state index is 11.1. The maximum absolute atomic E-state index is 11.1. The first kappa shape index (κ1) is 13.2. The number of nitrogens with two attached hydrogens (primary N) is 2. The topological polar surface area (TPSA) is 110 Å². The second-order valence-corrected chi connectivity index (χ2v) is 4.74. The normalized spacial score (nSPS) is 16.3. The summed E-state index contributed by atoms with van der Waals surface area (Å²) in [6, 6.07) is 4.97. The van der Waals surface area contributed by atoms with E-state index in [9.17, 15) is 9.59 Å². The number of carboxylic acid groups (broad SMARTS) is 1. The molecular formula is C13H17N3O3. The molecule has 1 aliphatic heterocycles. The first-order chi connectivity index (χ1) is 8.99. The number of carbonyl (C=O) groups excluding carboxylic acids is 1. The van der Waals surface area contributed by atoms with Crippen LogP contribution < -0.4 is 16.4 Å². The van der Waals surface area contributed by atoms with E-state index < -0.39 is 5.97 Å². The third-order valence-electron chi connectivity index (χ3n) is 3.53. The Morgan fingerprint density at radius 2 is 1.89 bits per heavy atom. The van der Waals surface area contributed by atoms with Crippen molar-refractivity contribution in [3.63, 3.8) is 0 Å². The van der Waals surface area contributed by atoms with E-state index in [1.165, 1.54) is 0 Å². The molecule has 5 N–H and O–H groups in total. The van der Waals surface area contributed by atoms with Gasteiger partial charge in [0.05, 0.1) is 5.56 Å². The van der Waals surface area contributed by atoms with Crippen LogP contribution in [0.15, 0.2) is 18.2 Å². The average Bonchev–Trinajstić information content (AvgIpc) is 2.39. The van der Waals surface area contributed by atoms with Crippen molar-refractivity contribution < 1.29 is 14.7 Å². The average molecular weight is 263 g/mol.